The predicted molar refractivity (Wildman–Crippen MR) is 58.9 cm³/mol. The number of nitrogens with one attached hydrogen (secondary N) is 1. The standard InChI is InChI=1S/C10H21F3N2O2/c1-9(16,7-15(2)3)6-14-4-5-17-8-10(11,12)13/h14,16H,4-8H2,1-3H3. The third-order valence-corrected chi connectivity index (χ3v) is 1.85. The van der Waals surface area contributed by atoms with Gasteiger partial charge in [-0.15, -0.1) is 0 Å². The Kier molecular flexibility index (Phi) is 6.99. The Labute approximate surface area is 99.7 Å². The molecule has 0 aromatic heterocycles. The second kappa shape index (κ2) is 7.15. The second-order valence-electron chi connectivity index (χ2n) is 4.58. The Hall–Kier alpha value is -0.370. The molecule has 0 aliphatic carbocycles. The summed E-state index contributed by atoms with van der Waals surface area (Å²) in [6, 6.07) is 0. The zero-order valence-corrected chi connectivity index (χ0v) is 10.5. The van der Waals surface area contributed by atoms with Crippen molar-refractivity contribution >= 4 is 0 Å². The van der Waals surface area contributed by atoms with E-state index in [0.29, 0.717) is 13.1 Å². The number of nitrogens with zero attached hydrogens (tertiary/aromatic N) is 1. The lowest BCUT2D eigenvalue weighted by Gasteiger charge is -2.27. The van der Waals surface area contributed by atoms with Crippen LogP contribution in [0, 0.1) is 0 Å². The van der Waals surface area contributed by atoms with Crippen molar-refractivity contribution in [2.24, 2.45) is 0 Å². The summed E-state index contributed by atoms with van der Waals surface area (Å²) in [6.07, 6.45) is -4.28. The molecule has 0 fully saturated rings. The van der Waals surface area contributed by atoms with E-state index in [1.165, 1.54) is 0 Å². The maximum atomic E-state index is 11.7. The van der Waals surface area contributed by atoms with Crippen LogP contribution in [0.3, 0.4) is 0 Å². The lowest BCUT2D eigenvalue weighted by atomic mass is 10.1. The zero-order chi connectivity index (χ0) is 13.5. The van der Waals surface area contributed by atoms with Gasteiger partial charge in [0, 0.05) is 19.6 Å². The molecule has 0 bridgehead atoms. The van der Waals surface area contributed by atoms with Gasteiger partial charge in [-0.2, -0.15) is 13.2 Å². The average molecular weight is 258 g/mol. The maximum absolute atomic E-state index is 11.7. The molecule has 104 valence electrons. The highest BCUT2D eigenvalue weighted by molar-refractivity contribution is 4.77. The van der Waals surface area contributed by atoms with Crippen molar-refractivity contribution in [3.05, 3.63) is 0 Å². The normalized spacial score (nSPS) is 16.2. The third-order valence-electron chi connectivity index (χ3n) is 1.85. The van der Waals surface area contributed by atoms with Crippen LogP contribution in [-0.2, 0) is 4.74 Å². The second-order valence-corrected chi connectivity index (χ2v) is 4.58. The molecule has 0 saturated heterocycles. The molecule has 0 spiro atoms. The lowest BCUT2D eigenvalue weighted by molar-refractivity contribution is -0.173. The van der Waals surface area contributed by atoms with E-state index in [0.717, 1.165) is 0 Å². The molecule has 1 atom stereocenters. The molecule has 2 N–H and O–H groups in total. The van der Waals surface area contributed by atoms with Crippen molar-refractivity contribution in [1.29, 1.82) is 0 Å². The maximum Gasteiger partial charge on any atom is 0.411 e. The molecule has 4 nitrogen and oxygen atoms in total. The van der Waals surface area contributed by atoms with E-state index in [1.807, 2.05) is 19.0 Å². The molecule has 0 aliphatic heterocycles. The largest absolute Gasteiger partial charge is 0.411 e. The predicted octanol–water partition coefficient (Wildman–Crippen LogP) is 0.467. The van der Waals surface area contributed by atoms with Crippen LogP contribution in [0.25, 0.3) is 0 Å². The van der Waals surface area contributed by atoms with Crippen LogP contribution < -0.4 is 5.32 Å². The van der Waals surface area contributed by atoms with E-state index in [1.54, 1.807) is 6.92 Å². The van der Waals surface area contributed by atoms with Crippen LogP contribution >= 0.6 is 0 Å². The van der Waals surface area contributed by atoms with Gasteiger partial charge < -0.3 is 20.1 Å². The number of hydrogen-bond donors (Lipinski definition) is 2. The molecular formula is C10H21F3N2O2. The van der Waals surface area contributed by atoms with Gasteiger partial charge in [0.15, 0.2) is 0 Å². The van der Waals surface area contributed by atoms with E-state index < -0.39 is 18.4 Å². The Morgan fingerprint density at radius 3 is 2.35 bits per heavy atom. The highest BCUT2D eigenvalue weighted by Crippen LogP contribution is 2.13. The van der Waals surface area contributed by atoms with E-state index >= 15 is 0 Å². The van der Waals surface area contributed by atoms with Crippen LogP contribution in [0.1, 0.15) is 6.92 Å². The molecular weight excluding hydrogens is 237 g/mol. The summed E-state index contributed by atoms with van der Waals surface area (Å²) in [5.41, 5.74) is -0.909. The summed E-state index contributed by atoms with van der Waals surface area (Å²) in [5, 5.41) is 12.7. The summed E-state index contributed by atoms with van der Waals surface area (Å²) >= 11 is 0. The van der Waals surface area contributed by atoms with Gasteiger partial charge in [0.2, 0.25) is 0 Å². The van der Waals surface area contributed by atoms with Crippen LogP contribution in [0.2, 0.25) is 0 Å². The van der Waals surface area contributed by atoms with Crippen molar-refractivity contribution < 1.29 is 23.0 Å². The Morgan fingerprint density at radius 1 is 1.29 bits per heavy atom. The number of likely N-dealkylation sites (N-methyl/N-ethyl adjacent to an activating group) is 1. The van der Waals surface area contributed by atoms with E-state index in [-0.39, 0.29) is 13.2 Å². The molecule has 7 heteroatoms. The first kappa shape index (κ1) is 16.6. The quantitative estimate of drug-likeness (QED) is 0.621. The number of alkyl halides is 3. The Morgan fingerprint density at radius 2 is 1.88 bits per heavy atom. The van der Waals surface area contributed by atoms with Crippen molar-refractivity contribution in [3.8, 4) is 0 Å². The molecule has 0 amide bonds. The number of ether oxygens (including phenoxy) is 1. The third kappa shape index (κ3) is 11.9. The molecule has 0 heterocycles. The van der Waals surface area contributed by atoms with E-state index in [2.05, 4.69) is 10.1 Å². The highest BCUT2D eigenvalue weighted by atomic mass is 19.4. The molecule has 0 rings (SSSR count). The minimum absolute atomic E-state index is 0.0302. The summed E-state index contributed by atoms with van der Waals surface area (Å²) in [5.74, 6) is 0. The summed E-state index contributed by atoms with van der Waals surface area (Å²) in [6.45, 7) is 1.46. The zero-order valence-electron chi connectivity index (χ0n) is 10.5. The van der Waals surface area contributed by atoms with Gasteiger partial charge >= 0.3 is 6.18 Å². The van der Waals surface area contributed by atoms with Crippen LogP contribution in [0.5, 0.6) is 0 Å². The topological polar surface area (TPSA) is 44.7 Å². The van der Waals surface area contributed by atoms with Gasteiger partial charge in [-0.25, -0.2) is 0 Å². The first-order chi connectivity index (χ1) is 7.62. The molecule has 0 aliphatic rings. The van der Waals surface area contributed by atoms with Crippen molar-refractivity contribution in [2.75, 3.05) is 46.9 Å². The highest BCUT2D eigenvalue weighted by Gasteiger charge is 2.27. The molecule has 0 aromatic rings. The summed E-state index contributed by atoms with van der Waals surface area (Å²) in [4.78, 5) is 1.84. The summed E-state index contributed by atoms with van der Waals surface area (Å²) < 4.78 is 39.5. The molecule has 1 unspecified atom stereocenters. The van der Waals surface area contributed by atoms with Crippen molar-refractivity contribution in [3.63, 3.8) is 0 Å². The molecule has 0 radical (unpaired) electrons. The fraction of sp³-hybridized carbons (Fsp3) is 1.00. The number of rotatable bonds is 8. The van der Waals surface area contributed by atoms with Gasteiger partial charge in [0.05, 0.1) is 12.2 Å². The van der Waals surface area contributed by atoms with Gasteiger partial charge in [0.25, 0.3) is 0 Å². The van der Waals surface area contributed by atoms with Gasteiger partial charge in [0.1, 0.15) is 6.61 Å². The van der Waals surface area contributed by atoms with E-state index in [4.69, 9.17) is 0 Å². The number of halogens is 3. The van der Waals surface area contributed by atoms with Crippen molar-refractivity contribution in [1.82, 2.24) is 10.2 Å². The van der Waals surface area contributed by atoms with Crippen LogP contribution in [0.15, 0.2) is 0 Å². The fourth-order valence-electron chi connectivity index (χ4n) is 1.43. The van der Waals surface area contributed by atoms with E-state index in [9.17, 15) is 18.3 Å². The van der Waals surface area contributed by atoms with Gasteiger partial charge in [-0.05, 0) is 21.0 Å². The minimum atomic E-state index is -4.28. The van der Waals surface area contributed by atoms with Crippen molar-refractivity contribution in [2.45, 2.75) is 18.7 Å². The number of aliphatic hydroxyl groups is 1. The van der Waals surface area contributed by atoms with Gasteiger partial charge in [-0.3, -0.25) is 0 Å². The minimum Gasteiger partial charge on any atom is -0.388 e. The molecule has 0 saturated carbocycles. The van der Waals surface area contributed by atoms with Gasteiger partial charge in [-0.1, -0.05) is 0 Å². The monoisotopic (exact) mass is 258 g/mol. The molecule has 17 heavy (non-hydrogen) atoms. The number of hydrogen-bond acceptors (Lipinski definition) is 4. The molecule has 0 aromatic carbocycles. The average Bonchev–Trinajstić information content (AvgIpc) is 2.06. The summed E-state index contributed by atoms with van der Waals surface area (Å²) in [7, 11) is 3.67. The van der Waals surface area contributed by atoms with Crippen LogP contribution in [0.4, 0.5) is 13.2 Å². The Balaban J connectivity index is 3.51. The first-order valence-electron chi connectivity index (χ1n) is 5.35. The fourth-order valence-corrected chi connectivity index (χ4v) is 1.43. The smallest absolute Gasteiger partial charge is 0.388 e. The van der Waals surface area contributed by atoms with Crippen LogP contribution in [-0.4, -0.2) is 68.7 Å². The lowest BCUT2D eigenvalue weighted by Crippen LogP contribution is -2.46. The Bertz CT molecular complexity index is 208. The first-order valence-corrected chi connectivity index (χ1v) is 5.35. The SMILES string of the molecule is CN(C)CC(C)(O)CNCCOCC(F)(F)F.